The zero-order valence-corrected chi connectivity index (χ0v) is 14.5. The fourth-order valence-electron chi connectivity index (χ4n) is 3.01. The average molecular weight is 347 g/mol. The highest BCUT2D eigenvalue weighted by Crippen LogP contribution is 2.33. The van der Waals surface area contributed by atoms with E-state index < -0.39 is 11.8 Å². The van der Waals surface area contributed by atoms with Gasteiger partial charge >= 0.3 is 5.97 Å². The molecule has 1 aromatic carbocycles. The lowest BCUT2D eigenvalue weighted by molar-refractivity contribution is -0.136. The van der Waals surface area contributed by atoms with Crippen LogP contribution in [-0.4, -0.2) is 22.8 Å². The number of aliphatic carboxylic acids is 1. The van der Waals surface area contributed by atoms with Gasteiger partial charge in [0.1, 0.15) is 0 Å². The first-order valence-electron chi connectivity index (χ1n) is 7.53. The Bertz CT molecular complexity index is 926. The zero-order valence-electron chi connectivity index (χ0n) is 13.7. The summed E-state index contributed by atoms with van der Waals surface area (Å²) in [6.07, 6.45) is -0.104. The number of nitrogens with zero attached hydrogens (tertiary/aromatic N) is 1. The Morgan fingerprint density at radius 3 is 2.67 bits per heavy atom. The number of ether oxygens (including phenoxy) is 1. The van der Waals surface area contributed by atoms with Crippen molar-refractivity contribution in [3.63, 3.8) is 0 Å². The smallest absolute Gasteiger partial charge is 0.307 e. The molecule has 6 heteroatoms. The number of carboxylic acids is 1. The first-order chi connectivity index (χ1) is 11.4. The summed E-state index contributed by atoms with van der Waals surface area (Å²) in [5.41, 5.74) is 2.23. The molecule has 0 bridgehead atoms. The van der Waals surface area contributed by atoms with Crippen molar-refractivity contribution in [1.29, 1.82) is 0 Å². The van der Waals surface area contributed by atoms with Crippen LogP contribution in [0.2, 0.25) is 0 Å². The molecule has 0 radical (unpaired) electrons. The highest BCUT2D eigenvalue weighted by atomic mass is 32.1. The molecule has 0 atom stereocenters. The molecule has 24 heavy (non-hydrogen) atoms. The SMILES string of the molecule is COc1cc2c(CC(=O)O)c(C)n(Cc3ccc(C)s3)c2cc1F. The number of aromatic nitrogens is 1. The third-order valence-corrected chi connectivity index (χ3v) is 5.15. The molecule has 0 aliphatic heterocycles. The van der Waals surface area contributed by atoms with E-state index in [0.717, 1.165) is 16.0 Å². The maximum absolute atomic E-state index is 14.2. The first kappa shape index (κ1) is 16.5. The molecule has 0 amide bonds. The minimum atomic E-state index is -0.910. The van der Waals surface area contributed by atoms with Gasteiger partial charge in [-0.2, -0.15) is 0 Å². The van der Waals surface area contributed by atoms with Crippen molar-refractivity contribution in [3.8, 4) is 5.75 Å². The molecule has 0 fully saturated rings. The molecular formula is C18H18FNO3S. The molecule has 126 valence electrons. The fourth-order valence-corrected chi connectivity index (χ4v) is 3.89. The highest BCUT2D eigenvalue weighted by Gasteiger charge is 2.19. The van der Waals surface area contributed by atoms with Crippen molar-refractivity contribution < 1.29 is 19.0 Å². The number of hydrogen-bond acceptors (Lipinski definition) is 3. The number of hydrogen-bond donors (Lipinski definition) is 1. The second kappa shape index (κ2) is 6.28. The third kappa shape index (κ3) is 2.89. The van der Waals surface area contributed by atoms with Crippen LogP contribution in [0.15, 0.2) is 24.3 Å². The van der Waals surface area contributed by atoms with E-state index in [4.69, 9.17) is 4.74 Å². The maximum Gasteiger partial charge on any atom is 0.307 e. The average Bonchev–Trinajstić information content (AvgIpc) is 3.03. The van der Waals surface area contributed by atoms with Crippen LogP contribution in [-0.2, 0) is 17.8 Å². The molecule has 0 aliphatic carbocycles. The van der Waals surface area contributed by atoms with E-state index >= 15 is 0 Å². The summed E-state index contributed by atoms with van der Waals surface area (Å²) in [6.45, 7) is 4.50. The monoisotopic (exact) mass is 347 g/mol. The molecular weight excluding hydrogens is 329 g/mol. The molecule has 0 saturated carbocycles. The Morgan fingerprint density at radius 2 is 2.08 bits per heavy atom. The maximum atomic E-state index is 14.2. The summed E-state index contributed by atoms with van der Waals surface area (Å²) < 4.78 is 21.2. The van der Waals surface area contributed by atoms with Gasteiger partial charge in [0.25, 0.3) is 0 Å². The van der Waals surface area contributed by atoms with Crippen molar-refractivity contribution in [2.45, 2.75) is 26.8 Å². The van der Waals surface area contributed by atoms with Gasteiger partial charge < -0.3 is 14.4 Å². The van der Waals surface area contributed by atoms with E-state index in [2.05, 4.69) is 0 Å². The summed E-state index contributed by atoms with van der Waals surface area (Å²) in [5, 5.41) is 9.95. The second-order valence-electron chi connectivity index (χ2n) is 5.74. The standard InChI is InChI=1S/C18H18FNO3S/c1-10-4-5-12(24-10)9-20-11(2)13(7-18(21)22)14-6-17(23-3)15(19)8-16(14)20/h4-6,8H,7,9H2,1-3H3,(H,21,22). The van der Waals surface area contributed by atoms with E-state index in [1.807, 2.05) is 30.5 Å². The minimum Gasteiger partial charge on any atom is -0.494 e. The molecule has 2 heterocycles. The predicted molar refractivity (Wildman–Crippen MR) is 92.7 cm³/mol. The van der Waals surface area contributed by atoms with Gasteiger partial charge in [0.15, 0.2) is 11.6 Å². The number of rotatable bonds is 5. The highest BCUT2D eigenvalue weighted by molar-refractivity contribution is 7.11. The Hall–Kier alpha value is -2.34. The molecule has 3 aromatic rings. The van der Waals surface area contributed by atoms with Crippen LogP contribution in [0, 0.1) is 19.7 Å². The van der Waals surface area contributed by atoms with Gasteiger partial charge in [-0.15, -0.1) is 11.3 Å². The van der Waals surface area contributed by atoms with Crippen LogP contribution in [0.25, 0.3) is 10.9 Å². The molecule has 0 saturated heterocycles. The van der Waals surface area contributed by atoms with Gasteiger partial charge in [0, 0.05) is 26.9 Å². The number of halogens is 1. The number of thiophene rings is 1. The molecule has 4 nitrogen and oxygen atoms in total. The number of aryl methyl sites for hydroxylation is 1. The van der Waals surface area contributed by atoms with Gasteiger partial charge in [-0.25, -0.2) is 4.39 Å². The minimum absolute atomic E-state index is 0.104. The van der Waals surface area contributed by atoms with Crippen LogP contribution in [0.1, 0.15) is 21.0 Å². The Labute approximate surface area is 143 Å². The largest absolute Gasteiger partial charge is 0.494 e. The molecule has 1 N–H and O–H groups in total. The number of fused-ring (bicyclic) bond motifs is 1. The first-order valence-corrected chi connectivity index (χ1v) is 8.34. The van der Waals surface area contributed by atoms with Gasteiger partial charge in [-0.05, 0) is 37.6 Å². The van der Waals surface area contributed by atoms with E-state index in [1.54, 1.807) is 17.4 Å². The van der Waals surface area contributed by atoms with Gasteiger partial charge in [0.2, 0.25) is 0 Å². The van der Waals surface area contributed by atoms with Crippen LogP contribution < -0.4 is 4.74 Å². The summed E-state index contributed by atoms with van der Waals surface area (Å²) >= 11 is 1.68. The van der Waals surface area contributed by atoms with Crippen molar-refractivity contribution in [1.82, 2.24) is 4.57 Å². The third-order valence-electron chi connectivity index (χ3n) is 4.17. The lowest BCUT2D eigenvalue weighted by Crippen LogP contribution is -2.04. The van der Waals surface area contributed by atoms with Gasteiger partial charge in [0.05, 0.1) is 25.6 Å². The topological polar surface area (TPSA) is 51.5 Å². The summed E-state index contributed by atoms with van der Waals surface area (Å²) in [6, 6.07) is 7.10. The van der Waals surface area contributed by atoms with Gasteiger partial charge in [-0.1, -0.05) is 0 Å². The van der Waals surface area contributed by atoms with E-state index in [-0.39, 0.29) is 12.2 Å². The van der Waals surface area contributed by atoms with E-state index in [0.29, 0.717) is 17.6 Å². The normalized spacial score (nSPS) is 11.2. The number of carboxylic acid groups (broad SMARTS) is 1. The van der Waals surface area contributed by atoms with Crippen molar-refractivity contribution in [3.05, 3.63) is 51.1 Å². The van der Waals surface area contributed by atoms with Crippen molar-refractivity contribution in [2.24, 2.45) is 0 Å². The Kier molecular flexibility index (Phi) is 4.32. The lowest BCUT2D eigenvalue weighted by Gasteiger charge is -2.08. The zero-order chi connectivity index (χ0) is 17.4. The van der Waals surface area contributed by atoms with Crippen LogP contribution in [0.5, 0.6) is 5.75 Å². The lowest BCUT2D eigenvalue weighted by atomic mass is 10.1. The van der Waals surface area contributed by atoms with Gasteiger partial charge in [-0.3, -0.25) is 4.79 Å². The van der Waals surface area contributed by atoms with E-state index in [9.17, 15) is 14.3 Å². The molecule has 0 aliphatic rings. The summed E-state index contributed by atoms with van der Waals surface area (Å²) in [7, 11) is 1.40. The Morgan fingerprint density at radius 1 is 1.33 bits per heavy atom. The fraction of sp³-hybridized carbons (Fsp3) is 0.278. The summed E-state index contributed by atoms with van der Waals surface area (Å²) in [5.74, 6) is -1.24. The van der Waals surface area contributed by atoms with Crippen LogP contribution in [0.3, 0.4) is 0 Å². The molecule has 2 aromatic heterocycles. The van der Waals surface area contributed by atoms with Crippen molar-refractivity contribution >= 4 is 28.2 Å². The van der Waals surface area contributed by atoms with E-state index in [1.165, 1.54) is 18.1 Å². The number of carbonyl (C=O) groups is 1. The second-order valence-corrected chi connectivity index (χ2v) is 7.11. The predicted octanol–water partition coefficient (Wildman–Crippen LogP) is 4.14. The van der Waals surface area contributed by atoms with Crippen molar-refractivity contribution in [2.75, 3.05) is 7.11 Å². The van der Waals surface area contributed by atoms with Crippen LogP contribution >= 0.6 is 11.3 Å². The van der Waals surface area contributed by atoms with Crippen LogP contribution in [0.4, 0.5) is 4.39 Å². The molecule has 0 spiro atoms. The number of methoxy groups -OCH3 is 1. The molecule has 0 unspecified atom stereocenters. The quantitative estimate of drug-likeness (QED) is 0.754. The summed E-state index contributed by atoms with van der Waals surface area (Å²) in [4.78, 5) is 13.6. The Balaban J connectivity index is 2.21. The number of benzene rings is 1. The molecule has 3 rings (SSSR count).